The summed E-state index contributed by atoms with van der Waals surface area (Å²) in [7, 11) is 5.39. The molecule has 3 atom stereocenters. The Morgan fingerprint density at radius 2 is 1.79 bits per heavy atom. The first-order chi connectivity index (χ1) is 18.2. The molecule has 1 aromatic carbocycles. The number of amides is 4. The minimum Gasteiger partial charge on any atom is -0.363 e. The maximum Gasteiger partial charge on any atom is 0.325 e. The first-order valence-electron chi connectivity index (χ1n) is 12.4. The van der Waals surface area contributed by atoms with Gasteiger partial charge in [-0.25, -0.2) is 9.78 Å². The van der Waals surface area contributed by atoms with Crippen LogP contribution in [-0.4, -0.2) is 59.9 Å². The number of hydrogen-bond donors (Lipinski definition) is 1. The van der Waals surface area contributed by atoms with Gasteiger partial charge >= 0.3 is 6.03 Å². The highest BCUT2D eigenvalue weighted by atomic mass is 35.5. The lowest BCUT2D eigenvalue weighted by atomic mass is 9.81. The number of nitrogens with one attached hydrogen (secondary N) is 1. The maximum absolute atomic E-state index is 13.7. The molecule has 0 aliphatic carbocycles. The van der Waals surface area contributed by atoms with E-state index in [1.807, 2.05) is 56.3 Å². The number of benzene rings is 1. The Morgan fingerprint density at radius 3 is 2.45 bits per heavy atom. The van der Waals surface area contributed by atoms with Gasteiger partial charge in [-0.2, -0.15) is 0 Å². The number of hydrogen-bond acceptors (Lipinski definition) is 6. The summed E-state index contributed by atoms with van der Waals surface area (Å²) in [4.78, 5) is 53.3. The molecular weight excluding hydrogens is 504 g/mol. The number of nitrogens with zero attached hydrogens (tertiary/aromatic N) is 5. The van der Waals surface area contributed by atoms with Crippen molar-refractivity contribution in [2.75, 3.05) is 30.9 Å². The molecule has 1 aliphatic rings. The molecule has 38 heavy (non-hydrogen) atoms. The number of pyridine rings is 2. The van der Waals surface area contributed by atoms with E-state index in [9.17, 15) is 14.4 Å². The van der Waals surface area contributed by atoms with Gasteiger partial charge in [0.15, 0.2) is 0 Å². The quantitative estimate of drug-likeness (QED) is 0.437. The SMILES string of the molecule is CC[C@@H](NC(=O)N1C(=O)[C@H](Cc2ccnc(N(C)C)c2)[C@H]1C(=O)N(C)c1ccncc1)c1ccccc1Cl. The molecule has 0 spiro atoms. The van der Waals surface area contributed by atoms with Crippen molar-refractivity contribution in [2.45, 2.75) is 31.8 Å². The Labute approximate surface area is 227 Å². The van der Waals surface area contributed by atoms with Gasteiger partial charge in [0.1, 0.15) is 11.9 Å². The van der Waals surface area contributed by atoms with E-state index in [1.54, 1.807) is 43.8 Å². The minimum absolute atomic E-state index is 0.300. The third-order valence-electron chi connectivity index (χ3n) is 6.78. The normalized spacial score (nSPS) is 17.4. The van der Waals surface area contributed by atoms with Crippen molar-refractivity contribution in [1.82, 2.24) is 20.2 Å². The van der Waals surface area contributed by atoms with E-state index in [-0.39, 0.29) is 5.91 Å². The van der Waals surface area contributed by atoms with E-state index in [0.29, 0.717) is 23.6 Å². The molecule has 2 aromatic heterocycles. The van der Waals surface area contributed by atoms with Gasteiger partial charge < -0.3 is 15.1 Å². The summed E-state index contributed by atoms with van der Waals surface area (Å²) in [5, 5.41) is 3.43. The number of rotatable bonds is 8. The van der Waals surface area contributed by atoms with E-state index in [2.05, 4.69) is 15.3 Å². The molecule has 4 rings (SSSR count). The highest BCUT2D eigenvalue weighted by Gasteiger charge is 2.55. The predicted octanol–water partition coefficient (Wildman–Crippen LogP) is 4.09. The van der Waals surface area contributed by atoms with E-state index in [4.69, 9.17) is 11.6 Å². The summed E-state index contributed by atoms with van der Waals surface area (Å²) in [5.41, 5.74) is 2.22. The van der Waals surface area contributed by atoms with Crippen LogP contribution >= 0.6 is 11.6 Å². The number of urea groups is 1. The summed E-state index contributed by atoms with van der Waals surface area (Å²) in [6.07, 6.45) is 5.70. The monoisotopic (exact) mass is 534 g/mol. The molecule has 3 heterocycles. The van der Waals surface area contributed by atoms with Crippen LogP contribution in [-0.2, 0) is 16.0 Å². The fraction of sp³-hybridized carbons (Fsp3) is 0.321. The zero-order valence-electron chi connectivity index (χ0n) is 21.8. The number of likely N-dealkylation sites (tertiary alicyclic amines) is 1. The molecule has 4 amide bonds. The maximum atomic E-state index is 13.7. The average Bonchev–Trinajstić information content (AvgIpc) is 2.93. The van der Waals surface area contributed by atoms with E-state index in [1.165, 1.54) is 4.90 Å². The second-order valence-electron chi connectivity index (χ2n) is 9.41. The molecule has 9 nitrogen and oxygen atoms in total. The number of anilines is 2. The van der Waals surface area contributed by atoms with E-state index < -0.39 is 29.9 Å². The number of carbonyl (C=O) groups is 3. The summed E-state index contributed by atoms with van der Waals surface area (Å²) < 4.78 is 0. The summed E-state index contributed by atoms with van der Waals surface area (Å²) >= 11 is 6.37. The number of carbonyl (C=O) groups excluding carboxylic acids is 3. The van der Waals surface area contributed by atoms with Gasteiger partial charge in [0.2, 0.25) is 5.91 Å². The lowest BCUT2D eigenvalue weighted by Crippen LogP contribution is -2.70. The molecule has 1 fully saturated rings. The molecule has 0 unspecified atom stereocenters. The smallest absolute Gasteiger partial charge is 0.325 e. The van der Waals surface area contributed by atoms with Crippen LogP contribution in [0.3, 0.4) is 0 Å². The van der Waals surface area contributed by atoms with Crippen LogP contribution in [0.15, 0.2) is 67.1 Å². The van der Waals surface area contributed by atoms with E-state index >= 15 is 0 Å². The standard InChI is InChI=1S/C28H31ClN6O3/c1-5-23(20-8-6-7-9-22(20)29)32-28(38)35-25(27(37)34(4)19-11-13-30-14-12-19)21(26(35)36)16-18-10-15-31-24(17-18)33(2)3/h6-15,17,21,23,25H,5,16H2,1-4H3,(H,32,38)/t21-,23-,25+/m1/s1. The topological polar surface area (TPSA) is 98.7 Å². The molecular formula is C28H31ClN6O3. The molecule has 0 radical (unpaired) electrons. The van der Waals surface area contributed by atoms with Crippen molar-refractivity contribution in [3.63, 3.8) is 0 Å². The van der Waals surface area contributed by atoms with Gasteiger partial charge in [-0.3, -0.25) is 19.5 Å². The predicted molar refractivity (Wildman–Crippen MR) is 147 cm³/mol. The van der Waals surface area contributed by atoms with Crippen LogP contribution in [0.1, 0.15) is 30.5 Å². The number of aromatic nitrogens is 2. The zero-order chi connectivity index (χ0) is 27.4. The molecule has 0 bridgehead atoms. The molecule has 198 valence electrons. The zero-order valence-corrected chi connectivity index (χ0v) is 22.6. The summed E-state index contributed by atoms with van der Waals surface area (Å²) in [6.45, 7) is 1.92. The molecule has 1 aliphatic heterocycles. The molecule has 0 saturated carbocycles. The fourth-order valence-corrected chi connectivity index (χ4v) is 4.88. The highest BCUT2D eigenvalue weighted by molar-refractivity contribution is 6.31. The average molecular weight is 535 g/mol. The lowest BCUT2D eigenvalue weighted by molar-refractivity contribution is -0.156. The summed E-state index contributed by atoms with van der Waals surface area (Å²) in [6, 6.07) is 12.3. The number of β-lactam (4-membered cyclic amide) rings is 1. The fourth-order valence-electron chi connectivity index (χ4n) is 4.61. The van der Waals surface area contributed by atoms with Crippen molar-refractivity contribution >= 4 is 41.0 Å². The first kappa shape index (κ1) is 27.1. The van der Waals surface area contributed by atoms with Gasteiger partial charge in [0.05, 0.1) is 12.0 Å². The molecule has 1 N–H and O–H groups in total. The van der Waals surface area contributed by atoms with Crippen LogP contribution < -0.4 is 15.1 Å². The van der Waals surface area contributed by atoms with E-state index in [0.717, 1.165) is 21.8 Å². The Balaban J connectivity index is 1.62. The summed E-state index contributed by atoms with van der Waals surface area (Å²) in [5.74, 6) is -0.716. The van der Waals surface area contributed by atoms with Gasteiger partial charge in [0.25, 0.3) is 5.91 Å². The van der Waals surface area contributed by atoms with Gasteiger partial charge in [-0.15, -0.1) is 0 Å². The van der Waals surface area contributed by atoms with Crippen LogP contribution in [0.5, 0.6) is 0 Å². The molecule has 3 aromatic rings. The molecule has 1 saturated heterocycles. The Morgan fingerprint density at radius 1 is 1.08 bits per heavy atom. The highest BCUT2D eigenvalue weighted by Crippen LogP contribution is 2.34. The van der Waals surface area contributed by atoms with Crippen LogP contribution in [0.25, 0.3) is 0 Å². The second kappa shape index (κ2) is 11.6. The number of imide groups is 1. The van der Waals surface area contributed by atoms with Gasteiger partial charge in [-0.1, -0.05) is 36.7 Å². The largest absolute Gasteiger partial charge is 0.363 e. The third-order valence-corrected chi connectivity index (χ3v) is 7.12. The van der Waals surface area contributed by atoms with Gasteiger partial charge in [0, 0.05) is 50.4 Å². The Kier molecular flexibility index (Phi) is 8.26. The van der Waals surface area contributed by atoms with Crippen molar-refractivity contribution in [1.29, 1.82) is 0 Å². The van der Waals surface area contributed by atoms with Crippen molar-refractivity contribution in [3.05, 3.63) is 83.3 Å². The minimum atomic E-state index is -0.972. The Hall–Kier alpha value is -3.98. The van der Waals surface area contributed by atoms with Gasteiger partial charge in [-0.05, 0) is 54.3 Å². The van der Waals surface area contributed by atoms with Crippen molar-refractivity contribution < 1.29 is 14.4 Å². The molecule has 10 heteroatoms. The van der Waals surface area contributed by atoms with Crippen LogP contribution in [0.2, 0.25) is 5.02 Å². The lowest BCUT2D eigenvalue weighted by Gasteiger charge is -2.46. The van der Waals surface area contributed by atoms with Crippen molar-refractivity contribution in [3.8, 4) is 0 Å². The Bertz CT molecular complexity index is 1320. The first-order valence-corrected chi connectivity index (χ1v) is 12.8. The number of likely N-dealkylation sites (N-methyl/N-ethyl adjacent to an activating group) is 1. The van der Waals surface area contributed by atoms with Crippen LogP contribution in [0.4, 0.5) is 16.3 Å². The van der Waals surface area contributed by atoms with Crippen molar-refractivity contribution in [2.24, 2.45) is 5.92 Å². The second-order valence-corrected chi connectivity index (χ2v) is 9.82. The van der Waals surface area contributed by atoms with Crippen LogP contribution in [0, 0.1) is 5.92 Å². The number of halogens is 1. The third kappa shape index (κ3) is 5.47.